The van der Waals surface area contributed by atoms with Crippen molar-refractivity contribution in [2.24, 2.45) is 11.8 Å². The van der Waals surface area contributed by atoms with Crippen LogP contribution in [-0.4, -0.2) is 22.5 Å². The maximum atomic E-state index is 11.7. The van der Waals surface area contributed by atoms with E-state index in [4.69, 9.17) is 4.74 Å². The first-order valence-corrected chi connectivity index (χ1v) is 4.54. The van der Waals surface area contributed by atoms with Crippen LogP contribution in [0.2, 0.25) is 0 Å². The summed E-state index contributed by atoms with van der Waals surface area (Å²) in [6.45, 7) is 3.29. The Labute approximate surface area is 80.9 Å². The van der Waals surface area contributed by atoms with Crippen molar-refractivity contribution in [3.05, 3.63) is 22.3 Å². The van der Waals surface area contributed by atoms with Gasteiger partial charge >= 0.3 is 5.72 Å². The van der Waals surface area contributed by atoms with E-state index >= 15 is 0 Å². The minimum absolute atomic E-state index is 0.0945. The summed E-state index contributed by atoms with van der Waals surface area (Å²) < 4.78 is 5.31. The molecule has 2 rings (SSSR count). The van der Waals surface area contributed by atoms with E-state index < -0.39 is 22.7 Å². The lowest BCUT2D eigenvalue weighted by atomic mass is 9.85. The summed E-state index contributed by atoms with van der Waals surface area (Å²) in [4.78, 5) is 22.0. The third-order valence-corrected chi connectivity index (χ3v) is 3.12. The van der Waals surface area contributed by atoms with Crippen molar-refractivity contribution in [1.82, 2.24) is 0 Å². The molecule has 0 spiro atoms. The molecule has 0 saturated carbocycles. The number of nitro groups is 1. The second kappa shape index (κ2) is 2.63. The van der Waals surface area contributed by atoms with E-state index in [1.807, 2.05) is 0 Å². The fourth-order valence-electron chi connectivity index (χ4n) is 2.07. The van der Waals surface area contributed by atoms with E-state index in [1.54, 1.807) is 19.9 Å². The molecule has 0 aliphatic carbocycles. The van der Waals surface area contributed by atoms with Crippen molar-refractivity contribution in [1.29, 1.82) is 0 Å². The molecule has 0 radical (unpaired) electrons. The first kappa shape index (κ1) is 9.33. The fraction of sp³-hybridized carbons (Fsp3) is 0.667. The first-order valence-electron chi connectivity index (χ1n) is 4.54. The molecule has 14 heavy (non-hydrogen) atoms. The van der Waals surface area contributed by atoms with Crippen LogP contribution in [0.25, 0.3) is 0 Å². The summed E-state index contributed by atoms with van der Waals surface area (Å²) in [5.41, 5.74) is -1.60. The van der Waals surface area contributed by atoms with Crippen molar-refractivity contribution in [3.63, 3.8) is 0 Å². The summed E-state index contributed by atoms with van der Waals surface area (Å²) in [6, 6.07) is 0. The summed E-state index contributed by atoms with van der Waals surface area (Å²) >= 11 is 0. The number of ketones is 1. The molecular weight excluding hydrogens is 186 g/mol. The molecule has 0 N–H and O–H groups in total. The molecule has 2 aliphatic rings. The predicted molar refractivity (Wildman–Crippen MR) is 47.1 cm³/mol. The van der Waals surface area contributed by atoms with E-state index in [-0.39, 0.29) is 11.7 Å². The molecular formula is C9H11NO4. The van der Waals surface area contributed by atoms with Gasteiger partial charge in [0.25, 0.3) is 0 Å². The van der Waals surface area contributed by atoms with Crippen LogP contribution in [0.1, 0.15) is 13.8 Å². The standard InChI is InChI=1S/C9H11NO4/c1-5-7-3-4-9(14-7,10(12)13)6(2)8(5)11/h3-7H,1-2H3/t5-,6-,7-,9+/m1/s1. The van der Waals surface area contributed by atoms with E-state index in [2.05, 4.69) is 0 Å². The lowest BCUT2D eigenvalue weighted by Gasteiger charge is -2.33. The molecule has 0 amide bonds. The van der Waals surface area contributed by atoms with Crippen molar-refractivity contribution < 1.29 is 14.5 Å². The second-order valence-corrected chi connectivity index (χ2v) is 3.86. The summed E-state index contributed by atoms with van der Waals surface area (Å²) in [6.07, 6.45) is 2.60. The van der Waals surface area contributed by atoms with Crippen LogP contribution in [0.15, 0.2) is 12.2 Å². The fourth-order valence-corrected chi connectivity index (χ4v) is 2.07. The van der Waals surface area contributed by atoms with Gasteiger partial charge in [-0.3, -0.25) is 14.9 Å². The Balaban J connectivity index is 2.44. The molecule has 76 valence electrons. The number of hydrogen-bond donors (Lipinski definition) is 0. The molecule has 0 aromatic heterocycles. The van der Waals surface area contributed by atoms with Crippen LogP contribution in [0, 0.1) is 22.0 Å². The molecule has 5 nitrogen and oxygen atoms in total. The average Bonchev–Trinajstić information content (AvgIpc) is 2.56. The maximum Gasteiger partial charge on any atom is 0.354 e. The smallest absolute Gasteiger partial charge is 0.303 e. The lowest BCUT2D eigenvalue weighted by Crippen LogP contribution is -2.54. The monoisotopic (exact) mass is 197 g/mol. The number of ether oxygens (including phenoxy) is 1. The van der Waals surface area contributed by atoms with Gasteiger partial charge in [-0.2, -0.15) is 0 Å². The van der Waals surface area contributed by atoms with Crippen LogP contribution in [0.5, 0.6) is 0 Å². The quantitative estimate of drug-likeness (QED) is 0.353. The van der Waals surface area contributed by atoms with Crippen molar-refractivity contribution in [2.45, 2.75) is 25.7 Å². The van der Waals surface area contributed by atoms with Gasteiger partial charge in [-0.1, -0.05) is 6.92 Å². The van der Waals surface area contributed by atoms with Crippen LogP contribution >= 0.6 is 0 Å². The zero-order valence-electron chi connectivity index (χ0n) is 7.97. The lowest BCUT2D eigenvalue weighted by molar-refractivity contribution is -0.623. The summed E-state index contributed by atoms with van der Waals surface area (Å²) in [5.74, 6) is -1.08. The molecule has 2 aliphatic heterocycles. The van der Waals surface area contributed by atoms with E-state index in [1.165, 1.54) is 6.08 Å². The molecule has 0 unspecified atom stereocenters. The Morgan fingerprint density at radius 1 is 1.57 bits per heavy atom. The van der Waals surface area contributed by atoms with Gasteiger partial charge < -0.3 is 4.74 Å². The van der Waals surface area contributed by atoms with Gasteiger partial charge in [-0.25, -0.2) is 0 Å². The highest BCUT2D eigenvalue weighted by Crippen LogP contribution is 2.41. The topological polar surface area (TPSA) is 69.4 Å². The molecule has 1 saturated heterocycles. The van der Waals surface area contributed by atoms with Gasteiger partial charge in [-0.05, 0) is 13.0 Å². The zero-order valence-corrected chi connectivity index (χ0v) is 7.97. The summed E-state index contributed by atoms with van der Waals surface area (Å²) in [5, 5.41) is 10.9. The van der Waals surface area contributed by atoms with Crippen LogP contribution in [0.4, 0.5) is 0 Å². The first-order chi connectivity index (χ1) is 6.49. The number of Topliss-reactive ketones (excluding diaryl/α,β-unsaturated/α-hetero) is 1. The Morgan fingerprint density at radius 2 is 2.21 bits per heavy atom. The molecule has 5 heteroatoms. The molecule has 0 aromatic rings. The van der Waals surface area contributed by atoms with Crippen LogP contribution < -0.4 is 0 Å². The van der Waals surface area contributed by atoms with Gasteiger partial charge in [-0.15, -0.1) is 0 Å². The van der Waals surface area contributed by atoms with Gasteiger partial charge in [0.1, 0.15) is 5.92 Å². The minimum Gasteiger partial charge on any atom is -0.303 e. The highest BCUT2D eigenvalue weighted by molar-refractivity contribution is 5.86. The minimum atomic E-state index is -1.60. The average molecular weight is 197 g/mol. The van der Waals surface area contributed by atoms with Crippen molar-refractivity contribution >= 4 is 5.78 Å². The maximum absolute atomic E-state index is 11.7. The third kappa shape index (κ3) is 0.901. The van der Waals surface area contributed by atoms with E-state index in [0.717, 1.165) is 0 Å². The SMILES string of the molecule is C[C@@H]1C(=O)[C@H](C)[C@H]2C=C[C@]1([N+](=O)[O-])O2. The highest BCUT2D eigenvalue weighted by Gasteiger charge is 2.61. The Bertz CT molecular complexity index is 338. The number of hydrogen-bond acceptors (Lipinski definition) is 4. The summed E-state index contributed by atoms with van der Waals surface area (Å²) in [7, 11) is 0. The van der Waals surface area contributed by atoms with Crippen molar-refractivity contribution in [3.8, 4) is 0 Å². The van der Waals surface area contributed by atoms with Gasteiger partial charge in [0, 0.05) is 12.0 Å². The normalized spacial score (nSPS) is 45.6. The number of rotatable bonds is 1. The van der Waals surface area contributed by atoms with Crippen molar-refractivity contribution in [2.75, 3.05) is 0 Å². The number of fused-ring (bicyclic) bond motifs is 2. The predicted octanol–water partition coefficient (Wildman–Crippen LogP) is 0.769. The van der Waals surface area contributed by atoms with Crippen LogP contribution in [0.3, 0.4) is 0 Å². The largest absolute Gasteiger partial charge is 0.354 e. The number of nitrogens with zero attached hydrogens (tertiary/aromatic N) is 1. The second-order valence-electron chi connectivity index (χ2n) is 3.86. The number of carbonyl (C=O) groups is 1. The third-order valence-electron chi connectivity index (χ3n) is 3.12. The van der Waals surface area contributed by atoms with Gasteiger partial charge in [0.05, 0.1) is 11.0 Å². The zero-order chi connectivity index (χ0) is 10.5. The molecule has 1 fully saturated rings. The molecule has 0 aromatic carbocycles. The molecule has 4 atom stereocenters. The number of carbonyl (C=O) groups excluding carboxylic acids is 1. The van der Waals surface area contributed by atoms with E-state index in [9.17, 15) is 14.9 Å². The Hall–Kier alpha value is -1.23. The Kier molecular flexibility index (Phi) is 1.75. The van der Waals surface area contributed by atoms with Gasteiger partial charge in [0.15, 0.2) is 5.78 Å². The van der Waals surface area contributed by atoms with Crippen LogP contribution in [-0.2, 0) is 9.53 Å². The Morgan fingerprint density at radius 3 is 2.79 bits per heavy atom. The highest BCUT2D eigenvalue weighted by atomic mass is 16.7. The molecule has 2 heterocycles. The molecule has 2 bridgehead atoms. The van der Waals surface area contributed by atoms with Gasteiger partial charge in [0.2, 0.25) is 0 Å². The van der Waals surface area contributed by atoms with E-state index in [0.29, 0.717) is 0 Å².